The van der Waals surface area contributed by atoms with Crippen LogP contribution in [0.15, 0.2) is 53.4 Å². The molecule has 0 unspecified atom stereocenters. The van der Waals surface area contributed by atoms with Gasteiger partial charge in [-0.15, -0.1) is 0 Å². The average molecular weight is 340 g/mol. The highest BCUT2D eigenvalue weighted by atomic mass is 32.2. The molecule has 0 atom stereocenters. The van der Waals surface area contributed by atoms with Gasteiger partial charge in [0.2, 0.25) is 0 Å². The molecule has 0 radical (unpaired) electrons. The summed E-state index contributed by atoms with van der Waals surface area (Å²) in [5.41, 5.74) is -2.57. The molecular formula is C16H15F3N2OS. The van der Waals surface area contributed by atoms with E-state index in [2.05, 4.69) is 5.32 Å². The van der Waals surface area contributed by atoms with E-state index in [1.165, 1.54) is 24.3 Å². The number of thioether (sulfide) groups is 1. The third-order valence-corrected chi connectivity index (χ3v) is 3.72. The van der Waals surface area contributed by atoms with Crippen LogP contribution in [0, 0.1) is 0 Å². The van der Waals surface area contributed by atoms with Crippen molar-refractivity contribution in [3.05, 3.63) is 54.1 Å². The fraction of sp³-hybridized carbons (Fsp3) is 0.188. The molecule has 2 rings (SSSR count). The van der Waals surface area contributed by atoms with E-state index >= 15 is 0 Å². The Kier molecular flexibility index (Phi) is 5.20. The maximum atomic E-state index is 12.3. The number of alkyl halides is 3. The number of hydrogen-bond donors (Lipinski definition) is 1. The molecule has 0 spiro atoms. The van der Waals surface area contributed by atoms with Gasteiger partial charge in [0.15, 0.2) is 0 Å². The summed E-state index contributed by atoms with van der Waals surface area (Å²) < 4.78 is 36.9. The molecule has 2 aromatic carbocycles. The lowest BCUT2D eigenvalue weighted by molar-refractivity contribution is -0.0328. The minimum Gasteiger partial charge on any atom is -0.376 e. The highest BCUT2D eigenvalue weighted by Gasteiger charge is 2.29. The summed E-state index contributed by atoms with van der Waals surface area (Å²) in [4.78, 5) is 14.1. The normalized spacial score (nSPS) is 11.2. The molecule has 0 heterocycles. The summed E-state index contributed by atoms with van der Waals surface area (Å²) >= 11 is -0.207. The van der Waals surface area contributed by atoms with Crippen molar-refractivity contribution in [2.75, 3.05) is 24.3 Å². The topological polar surface area (TPSA) is 32.3 Å². The lowest BCUT2D eigenvalue weighted by atomic mass is 10.2. The predicted octanol–water partition coefficient (Wildman–Crippen LogP) is 4.62. The summed E-state index contributed by atoms with van der Waals surface area (Å²) in [6.07, 6.45) is 0. The van der Waals surface area contributed by atoms with Gasteiger partial charge in [0.05, 0.1) is 11.4 Å². The SMILES string of the molecule is CN(C)c1ccccc1NC(=O)c1ccc(SC(F)(F)F)cc1. The molecule has 0 aromatic heterocycles. The predicted molar refractivity (Wildman–Crippen MR) is 87.1 cm³/mol. The van der Waals surface area contributed by atoms with Crippen molar-refractivity contribution in [2.24, 2.45) is 0 Å². The van der Waals surface area contributed by atoms with Gasteiger partial charge in [0, 0.05) is 24.6 Å². The van der Waals surface area contributed by atoms with Gasteiger partial charge in [-0.25, -0.2) is 0 Å². The van der Waals surface area contributed by atoms with Crippen LogP contribution in [0.4, 0.5) is 24.5 Å². The van der Waals surface area contributed by atoms with Crippen LogP contribution in [0.5, 0.6) is 0 Å². The van der Waals surface area contributed by atoms with Crippen LogP contribution in [0.1, 0.15) is 10.4 Å². The van der Waals surface area contributed by atoms with E-state index < -0.39 is 5.51 Å². The molecule has 0 aliphatic rings. The zero-order chi connectivity index (χ0) is 17.0. The molecule has 23 heavy (non-hydrogen) atoms. The molecule has 2 aromatic rings. The number of nitrogens with zero attached hydrogens (tertiary/aromatic N) is 1. The first-order valence-electron chi connectivity index (χ1n) is 6.70. The van der Waals surface area contributed by atoms with Crippen LogP contribution >= 0.6 is 11.8 Å². The molecular weight excluding hydrogens is 325 g/mol. The second kappa shape index (κ2) is 6.95. The maximum Gasteiger partial charge on any atom is 0.446 e. The number of rotatable bonds is 4. The van der Waals surface area contributed by atoms with Crippen molar-refractivity contribution in [3.63, 3.8) is 0 Å². The molecule has 0 saturated heterocycles. The van der Waals surface area contributed by atoms with Gasteiger partial charge in [-0.2, -0.15) is 13.2 Å². The molecule has 7 heteroatoms. The summed E-state index contributed by atoms with van der Waals surface area (Å²) in [6, 6.07) is 12.6. The van der Waals surface area contributed by atoms with Crippen LogP contribution in [0.25, 0.3) is 0 Å². The molecule has 0 saturated carbocycles. The lowest BCUT2D eigenvalue weighted by Gasteiger charge is -2.17. The van der Waals surface area contributed by atoms with Crippen molar-refractivity contribution in [1.82, 2.24) is 0 Å². The van der Waals surface area contributed by atoms with Gasteiger partial charge in [0.25, 0.3) is 5.91 Å². The van der Waals surface area contributed by atoms with E-state index in [1.807, 2.05) is 31.1 Å². The Morgan fingerprint density at radius 1 is 1.04 bits per heavy atom. The monoisotopic (exact) mass is 340 g/mol. The summed E-state index contributed by atoms with van der Waals surface area (Å²) in [6.45, 7) is 0. The number of nitrogens with one attached hydrogen (secondary N) is 1. The standard InChI is InChI=1S/C16H15F3N2OS/c1-21(2)14-6-4-3-5-13(14)20-15(22)11-7-9-12(10-8-11)23-16(17,18)19/h3-10H,1-2H3,(H,20,22). The van der Waals surface area contributed by atoms with Gasteiger partial charge in [0.1, 0.15) is 0 Å². The van der Waals surface area contributed by atoms with Crippen LogP contribution in [-0.4, -0.2) is 25.5 Å². The van der Waals surface area contributed by atoms with Crippen LogP contribution < -0.4 is 10.2 Å². The second-order valence-electron chi connectivity index (χ2n) is 4.94. The first kappa shape index (κ1) is 17.2. The van der Waals surface area contributed by atoms with E-state index in [9.17, 15) is 18.0 Å². The van der Waals surface area contributed by atoms with Gasteiger partial charge in [-0.05, 0) is 48.2 Å². The molecule has 122 valence electrons. The second-order valence-corrected chi connectivity index (χ2v) is 6.08. The summed E-state index contributed by atoms with van der Waals surface area (Å²) in [5.74, 6) is -0.372. The van der Waals surface area contributed by atoms with Crippen molar-refractivity contribution < 1.29 is 18.0 Å². The quantitative estimate of drug-likeness (QED) is 0.825. The zero-order valence-corrected chi connectivity index (χ0v) is 13.3. The molecule has 1 amide bonds. The van der Waals surface area contributed by atoms with E-state index in [0.29, 0.717) is 11.3 Å². The first-order valence-corrected chi connectivity index (χ1v) is 7.51. The molecule has 0 aliphatic heterocycles. The Balaban J connectivity index is 2.13. The lowest BCUT2D eigenvalue weighted by Crippen LogP contribution is -2.16. The van der Waals surface area contributed by atoms with Crippen molar-refractivity contribution in [3.8, 4) is 0 Å². The van der Waals surface area contributed by atoms with E-state index in [0.717, 1.165) is 5.69 Å². The fourth-order valence-corrected chi connectivity index (χ4v) is 2.51. The van der Waals surface area contributed by atoms with E-state index in [4.69, 9.17) is 0 Å². The minimum atomic E-state index is -4.34. The van der Waals surface area contributed by atoms with Crippen LogP contribution in [0.2, 0.25) is 0 Å². The van der Waals surface area contributed by atoms with Gasteiger partial charge < -0.3 is 10.2 Å². The number of carbonyl (C=O) groups is 1. The van der Waals surface area contributed by atoms with Crippen LogP contribution in [0.3, 0.4) is 0 Å². The Hall–Kier alpha value is -2.15. The fourth-order valence-electron chi connectivity index (χ4n) is 1.97. The van der Waals surface area contributed by atoms with Crippen molar-refractivity contribution in [2.45, 2.75) is 10.4 Å². The maximum absolute atomic E-state index is 12.3. The van der Waals surface area contributed by atoms with E-state index in [-0.39, 0.29) is 22.6 Å². The Morgan fingerprint density at radius 2 is 1.65 bits per heavy atom. The molecule has 0 bridgehead atoms. The van der Waals surface area contributed by atoms with Crippen LogP contribution in [-0.2, 0) is 0 Å². The molecule has 3 nitrogen and oxygen atoms in total. The largest absolute Gasteiger partial charge is 0.446 e. The Morgan fingerprint density at radius 3 is 2.22 bits per heavy atom. The number of amides is 1. The van der Waals surface area contributed by atoms with E-state index in [1.54, 1.807) is 12.1 Å². The highest BCUT2D eigenvalue weighted by Crippen LogP contribution is 2.36. The third kappa shape index (κ3) is 4.92. The highest BCUT2D eigenvalue weighted by molar-refractivity contribution is 8.00. The number of anilines is 2. The number of hydrogen-bond acceptors (Lipinski definition) is 3. The smallest absolute Gasteiger partial charge is 0.376 e. The van der Waals surface area contributed by atoms with Crippen molar-refractivity contribution in [1.29, 1.82) is 0 Å². The number of carbonyl (C=O) groups excluding carboxylic acids is 1. The molecule has 1 N–H and O–H groups in total. The van der Waals surface area contributed by atoms with Crippen molar-refractivity contribution >= 4 is 29.0 Å². The van der Waals surface area contributed by atoms with Gasteiger partial charge in [-0.3, -0.25) is 4.79 Å². The number of halogens is 3. The number of para-hydroxylation sites is 2. The first-order chi connectivity index (χ1) is 10.8. The third-order valence-electron chi connectivity index (χ3n) is 2.98. The zero-order valence-electron chi connectivity index (χ0n) is 12.5. The number of benzene rings is 2. The average Bonchev–Trinajstić information content (AvgIpc) is 2.46. The summed E-state index contributed by atoms with van der Waals surface area (Å²) in [5, 5.41) is 2.77. The van der Waals surface area contributed by atoms with Gasteiger partial charge in [-0.1, -0.05) is 12.1 Å². The molecule has 0 fully saturated rings. The minimum absolute atomic E-state index is 0.0442. The molecule has 0 aliphatic carbocycles. The Bertz CT molecular complexity index is 684. The Labute approximate surface area is 136 Å². The van der Waals surface area contributed by atoms with Gasteiger partial charge >= 0.3 is 5.51 Å². The summed E-state index contributed by atoms with van der Waals surface area (Å²) in [7, 11) is 3.71.